The summed E-state index contributed by atoms with van der Waals surface area (Å²) in [5, 5.41) is 16.0. The quantitative estimate of drug-likeness (QED) is 0.426. The van der Waals surface area contributed by atoms with E-state index in [-0.39, 0.29) is 25.1 Å². The number of carboxylic acids is 1. The minimum Gasteiger partial charge on any atom is -0.480 e. The van der Waals surface area contributed by atoms with Crippen molar-refractivity contribution in [2.45, 2.75) is 31.8 Å². The van der Waals surface area contributed by atoms with Gasteiger partial charge in [0.05, 0.1) is 6.61 Å². The van der Waals surface area contributed by atoms with Gasteiger partial charge in [0.1, 0.15) is 12.6 Å². The van der Waals surface area contributed by atoms with Crippen LogP contribution in [-0.2, 0) is 14.3 Å². The molecule has 0 aromatic carbocycles. The molecule has 1 saturated carbocycles. The van der Waals surface area contributed by atoms with E-state index in [0.717, 1.165) is 12.8 Å². The molecule has 8 nitrogen and oxygen atoms in total. The Bertz CT molecular complexity index is 343. The molecule has 0 aliphatic heterocycles. The van der Waals surface area contributed by atoms with Crippen LogP contribution in [0.15, 0.2) is 0 Å². The Kier molecular flexibility index (Phi) is 6.07. The molecule has 1 aliphatic rings. The molecule has 4 N–H and O–H groups in total. The van der Waals surface area contributed by atoms with Gasteiger partial charge in [-0.15, -0.1) is 0 Å². The van der Waals surface area contributed by atoms with E-state index in [9.17, 15) is 14.4 Å². The summed E-state index contributed by atoms with van der Waals surface area (Å²) >= 11 is 0. The van der Waals surface area contributed by atoms with Gasteiger partial charge in [-0.05, 0) is 19.8 Å². The molecule has 1 unspecified atom stereocenters. The van der Waals surface area contributed by atoms with E-state index in [1.807, 2.05) is 0 Å². The second-order valence-corrected chi connectivity index (χ2v) is 4.35. The minimum absolute atomic E-state index is 0.0996. The third-order valence-electron chi connectivity index (χ3n) is 2.42. The lowest BCUT2D eigenvalue weighted by atomic mass is 10.3. The van der Waals surface area contributed by atoms with Crippen molar-refractivity contribution < 1.29 is 24.2 Å². The van der Waals surface area contributed by atoms with Crippen LogP contribution in [-0.4, -0.2) is 54.9 Å². The fourth-order valence-electron chi connectivity index (χ4n) is 1.26. The van der Waals surface area contributed by atoms with Gasteiger partial charge in [0.15, 0.2) is 0 Å². The predicted molar refractivity (Wildman–Crippen MR) is 65.6 cm³/mol. The van der Waals surface area contributed by atoms with E-state index in [2.05, 4.69) is 16.0 Å². The Morgan fingerprint density at radius 3 is 2.63 bits per heavy atom. The van der Waals surface area contributed by atoms with Gasteiger partial charge in [-0.25, -0.2) is 9.59 Å². The molecule has 0 bridgehead atoms. The maximum Gasteiger partial charge on any atom is 0.329 e. The second kappa shape index (κ2) is 7.57. The molecule has 0 radical (unpaired) electrons. The highest BCUT2D eigenvalue weighted by Crippen LogP contribution is 2.18. The smallest absolute Gasteiger partial charge is 0.329 e. The van der Waals surface area contributed by atoms with Crippen LogP contribution >= 0.6 is 0 Å². The number of hydrogen-bond acceptors (Lipinski definition) is 4. The second-order valence-electron chi connectivity index (χ2n) is 4.35. The number of urea groups is 1. The van der Waals surface area contributed by atoms with E-state index < -0.39 is 24.6 Å². The number of carbonyl (C=O) groups is 3. The molecule has 1 aliphatic carbocycles. The van der Waals surface area contributed by atoms with Crippen LogP contribution < -0.4 is 16.0 Å². The Morgan fingerprint density at radius 1 is 1.37 bits per heavy atom. The third kappa shape index (κ3) is 7.24. The lowest BCUT2D eigenvalue weighted by Gasteiger charge is -2.14. The molecule has 0 aromatic rings. The number of nitrogens with one attached hydrogen (secondary N) is 3. The fraction of sp³-hybridized carbons (Fsp3) is 0.727. The largest absolute Gasteiger partial charge is 0.480 e. The van der Waals surface area contributed by atoms with Gasteiger partial charge in [-0.2, -0.15) is 0 Å². The highest BCUT2D eigenvalue weighted by atomic mass is 16.5. The summed E-state index contributed by atoms with van der Waals surface area (Å²) in [4.78, 5) is 33.1. The Labute approximate surface area is 110 Å². The molecular weight excluding hydrogens is 254 g/mol. The van der Waals surface area contributed by atoms with Crippen LogP contribution in [0.1, 0.15) is 19.8 Å². The first-order chi connectivity index (χ1) is 8.99. The summed E-state index contributed by atoms with van der Waals surface area (Å²) < 4.78 is 4.74. The zero-order valence-corrected chi connectivity index (χ0v) is 10.8. The molecule has 0 aromatic heterocycles. The van der Waals surface area contributed by atoms with E-state index in [0.29, 0.717) is 0 Å². The number of hydrogen-bond donors (Lipinski definition) is 4. The number of carbonyl (C=O) groups excluding carboxylic acids is 2. The maximum absolute atomic E-state index is 11.5. The molecule has 19 heavy (non-hydrogen) atoms. The minimum atomic E-state index is -1.06. The third-order valence-corrected chi connectivity index (χ3v) is 2.42. The summed E-state index contributed by atoms with van der Waals surface area (Å²) in [5.74, 6) is -1.27. The predicted octanol–water partition coefficient (Wildman–Crippen LogP) is -0.946. The van der Waals surface area contributed by atoms with E-state index in [4.69, 9.17) is 9.84 Å². The van der Waals surface area contributed by atoms with Crippen molar-refractivity contribution in [3.63, 3.8) is 0 Å². The zero-order chi connectivity index (χ0) is 14.3. The Hall–Kier alpha value is -1.83. The molecule has 0 heterocycles. The normalized spacial score (nSPS) is 15.4. The summed E-state index contributed by atoms with van der Waals surface area (Å²) in [7, 11) is 0. The molecule has 1 rings (SSSR count). The summed E-state index contributed by atoms with van der Waals surface area (Å²) in [6.07, 6.45) is 1.98. The SMILES string of the molecule is CC(NC(=O)NCCOCC(=O)O)C(=O)NC1CC1. The first-order valence-electron chi connectivity index (χ1n) is 6.13. The van der Waals surface area contributed by atoms with E-state index in [1.165, 1.54) is 0 Å². The maximum atomic E-state index is 11.5. The van der Waals surface area contributed by atoms with E-state index in [1.54, 1.807) is 6.92 Å². The van der Waals surface area contributed by atoms with Crippen LogP contribution in [0.2, 0.25) is 0 Å². The fourth-order valence-corrected chi connectivity index (χ4v) is 1.26. The number of carboxylic acid groups (broad SMARTS) is 1. The van der Waals surface area contributed by atoms with Crippen molar-refractivity contribution >= 4 is 17.9 Å². The summed E-state index contributed by atoms with van der Waals surface area (Å²) in [5.41, 5.74) is 0. The average molecular weight is 273 g/mol. The monoisotopic (exact) mass is 273 g/mol. The standard InChI is InChI=1S/C11H19N3O5/c1-7(10(17)14-8-2-3-8)13-11(18)12-4-5-19-6-9(15)16/h7-8H,2-6H2,1H3,(H,14,17)(H,15,16)(H2,12,13,18). The zero-order valence-electron chi connectivity index (χ0n) is 10.8. The highest BCUT2D eigenvalue weighted by molar-refractivity contribution is 5.86. The number of ether oxygens (including phenoxy) is 1. The van der Waals surface area contributed by atoms with Crippen molar-refractivity contribution in [3.05, 3.63) is 0 Å². The van der Waals surface area contributed by atoms with Crippen LogP contribution in [0.3, 0.4) is 0 Å². The van der Waals surface area contributed by atoms with Crippen LogP contribution in [0.5, 0.6) is 0 Å². The molecule has 3 amide bonds. The number of aliphatic carboxylic acids is 1. The van der Waals surface area contributed by atoms with Gasteiger partial charge < -0.3 is 25.8 Å². The van der Waals surface area contributed by atoms with Gasteiger partial charge in [-0.3, -0.25) is 4.79 Å². The summed E-state index contributed by atoms with van der Waals surface area (Å²) in [6, 6.07) is -0.845. The van der Waals surface area contributed by atoms with Crippen molar-refractivity contribution in [2.75, 3.05) is 19.8 Å². The molecule has 1 fully saturated rings. The lowest BCUT2D eigenvalue weighted by Crippen LogP contribution is -2.49. The van der Waals surface area contributed by atoms with Gasteiger partial charge in [-0.1, -0.05) is 0 Å². The molecule has 0 saturated heterocycles. The average Bonchev–Trinajstić information content (AvgIpc) is 3.11. The van der Waals surface area contributed by atoms with Gasteiger partial charge >= 0.3 is 12.0 Å². The molecule has 108 valence electrons. The number of rotatable bonds is 8. The van der Waals surface area contributed by atoms with E-state index >= 15 is 0 Å². The molecule has 0 spiro atoms. The molecule has 8 heteroatoms. The van der Waals surface area contributed by atoms with Gasteiger partial charge in [0.2, 0.25) is 5.91 Å². The van der Waals surface area contributed by atoms with Crippen molar-refractivity contribution in [3.8, 4) is 0 Å². The first-order valence-corrected chi connectivity index (χ1v) is 6.13. The summed E-state index contributed by atoms with van der Waals surface area (Å²) in [6.45, 7) is 1.47. The Balaban J connectivity index is 2.05. The first kappa shape index (κ1) is 15.2. The highest BCUT2D eigenvalue weighted by Gasteiger charge is 2.26. The molecule has 1 atom stereocenters. The van der Waals surface area contributed by atoms with Crippen LogP contribution in [0.4, 0.5) is 4.79 Å². The van der Waals surface area contributed by atoms with Gasteiger partial charge in [0, 0.05) is 12.6 Å². The van der Waals surface area contributed by atoms with Crippen molar-refractivity contribution in [2.24, 2.45) is 0 Å². The van der Waals surface area contributed by atoms with Gasteiger partial charge in [0.25, 0.3) is 0 Å². The number of amides is 3. The van der Waals surface area contributed by atoms with Crippen LogP contribution in [0.25, 0.3) is 0 Å². The lowest BCUT2D eigenvalue weighted by molar-refractivity contribution is -0.142. The Morgan fingerprint density at radius 2 is 2.05 bits per heavy atom. The van der Waals surface area contributed by atoms with Crippen molar-refractivity contribution in [1.29, 1.82) is 0 Å². The van der Waals surface area contributed by atoms with Crippen LogP contribution in [0, 0.1) is 0 Å². The molecular formula is C11H19N3O5. The topological polar surface area (TPSA) is 117 Å². The van der Waals surface area contributed by atoms with Crippen molar-refractivity contribution in [1.82, 2.24) is 16.0 Å².